The van der Waals surface area contributed by atoms with Gasteiger partial charge in [0.05, 0.1) is 32.1 Å². The van der Waals surface area contributed by atoms with Crippen molar-refractivity contribution in [3.63, 3.8) is 0 Å². The number of hydrogen-bond acceptors (Lipinski definition) is 5. The summed E-state index contributed by atoms with van der Waals surface area (Å²) >= 11 is 10.5. The Labute approximate surface area is 192 Å². The Morgan fingerprint density at radius 3 is 2.50 bits per heavy atom. The lowest BCUT2D eigenvalue weighted by Gasteiger charge is -2.21. The van der Waals surface area contributed by atoms with Gasteiger partial charge in [0.1, 0.15) is 0 Å². The lowest BCUT2D eigenvalue weighted by atomic mass is 9.98. The molecule has 0 saturated carbocycles. The monoisotopic (exact) mass is 504 g/mol. The predicted octanol–water partition coefficient (Wildman–Crippen LogP) is 5.68. The van der Waals surface area contributed by atoms with Gasteiger partial charge in [-0.15, -0.1) is 0 Å². The van der Waals surface area contributed by atoms with Gasteiger partial charge in [0.2, 0.25) is 0 Å². The summed E-state index contributed by atoms with van der Waals surface area (Å²) < 4.78 is 66.4. The number of carboxylic acid groups (broad SMARTS) is 1. The molecule has 0 radical (unpaired) electrons. The van der Waals surface area contributed by atoms with E-state index in [1.807, 2.05) is 5.16 Å². The quantitative estimate of drug-likeness (QED) is 0.418. The number of amides is 1. The van der Waals surface area contributed by atoms with Crippen LogP contribution in [0.5, 0.6) is 0 Å². The third kappa shape index (κ3) is 5.12. The van der Waals surface area contributed by atoms with Gasteiger partial charge in [0, 0.05) is 18.2 Å². The van der Waals surface area contributed by atoms with Crippen LogP contribution >= 0.6 is 23.8 Å². The smallest absolute Gasteiger partial charge is 0.417 e. The number of alkyl halides is 3. The van der Waals surface area contributed by atoms with Crippen LogP contribution in [0.15, 0.2) is 46.3 Å². The van der Waals surface area contributed by atoms with Crippen molar-refractivity contribution in [3.8, 4) is 11.1 Å². The van der Waals surface area contributed by atoms with Gasteiger partial charge in [-0.2, -0.15) is 18.2 Å². The number of isothiocyanates is 1. The van der Waals surface area contributed by atoms with Crippen LogP contribution < -0.4 is 0 Å². The summed E-state index contributed by atoms with van der Waals surface area (Å²) in [6.07, 6.45) is -4.95. The number of hydrogen-bond donors (Lipinski definition) is 1. The molecule has 3 rings (SSSR count). The van der Waals surface area contributed by atoms with Crippen molar-refractivity contribution in [1.82, 2.24) is 4.90 Å². The predicted molar refractivity (Wildman–Crippen MR) is 116 cm³/mol. The molecule has 1 amide bonds. The minimum atomic E-state index is -4.75. The molecule has 1 fully saturated rings. The van der Waals surface area contributed by atoms with Gasteiger partial charge in [-0.3, -0.25) is 0 Å². The van der Waals surface area contributed by atoms with Crippen molar-refractivity contribution < 1.29 is 31.5 Å². The maximum absolute atomic E-state index is 13.6. The largest absolute Gasteiger partial charge is 0.465 e. The molecule has 32 heavy (non-hydrogen) atoms. The van der Waals surface area contributed by atoms with Crippen molar-refractivity contribution in [3.05, 3.63) is 47.0 Å². The Balaban J connectivity index is 1.97. The standard InChI is InChI=1S/C20H16ClF3N2O4S2/c21-17-9-13(25-11-31)8-16(20(22,23)24)18(17)12-3-5-15(6-4-12)32(29,30)10-14-2-1-7-26(14)19(27)28/h3-6,8-9,14H,1-2,7,10H2,(H,27,28). The number of benzene rings is 2. The van der Waals surface area contributed by atoms with Gasteiger partial charge in [-0.1, -0.05) is 23.7 Å². The minimum absolute atomic E-state index is 0.0622. The first-order valence-corrected chi connectivity index (χ1v) is 11.7. The molecular weight excluding hydrogens is 489 g/mol. The van der Waals surface area contributed by atoms with Gasteiger partial charge in [-0.05, 0) is 54.9 Å². The first kappa shape index (κ1) is 24.2. The Hall–Kier alpha value is -2.46. The van der Waals surface area contributed by atoms with E-state index in [2.05, 4.69) is 17.2 Å². The molecule has 2 aromatic rings. The molecule has 1 saturated heterocycles. The maximum atomic E-state index is 13.6. The number of likely N-dealkylation sites (tertiary alicyclic amines) is 1. The van der Waals surface area contributed by atoms with E-state index in [1.165, 1.54) is 30.3 Å². The highest BCUT2D eigenvalue weighted by molar-refractivity contribution is 7.91. The van der Waals surface area contributed by atoms with Gasteiger partial charge in [0.15, 0.2) is 9.84 Å². The zero-order valence-electron chi connectivity index (χ0n) is 16.3. The average molecular weight is 505 g/mol. The van der Waals surface area contributed by atoms with Crippen molar-refractivity contribution in [2.45, 2.75) is 30.0 Å². The Morgan fingerprint density at radius 1 is 1.28 bits per heavy atom. The number of sulfone groups is 1. The summed E-state index contributed by atoms with van der Waals surface area (Å²) in [5.41, 5.74) is -1.42. The molecule has 0 spiro atoms. The summed E-state index contributed by atoms with van der Waals surface area (Å²) in [5, 5.41) is 10.9. The second-order valence-corrected chi connectivity index (χ2v) is 9.75. The van der Waals surface area contributed by atoms with E-state index >= 15 is 0 Å². The van der Waals surface area contributed by atoms with Crippen LogP contribution in [0, 0.1) is 0 Å². The summed E-state index contributed by atoms with van der Waals surface area (Å²) in [5.74, 6) is -0.405. The number of carbonyl (C=O) groups is 1. The SMILES string of the molecule is O=C(O)N1CCCC1CS(=O)(=O)c1ccc(-c2c(Cl)cc(N=C=S)cc2C(F)(F)F)cc1. The lowest BCUT2D eigenvalue weighted by Crippen LogP contribution is -2.38. The number of nitrogens with zero attached hydrogens (tertiary/aromatic N) is 2. The van der Waals surface area contributed by atoms with E-state index in [0.717, 1.165) is 11.0 Å². The number of aliphatic imine (C=N–C) groups is 1. The van der Waals surface area contributed by atoms with Gasteiger partial charge in [-0.25, -0.2) is 13.2 Å². The van der Waals surface area contributed by atoms with Crippen LogP contribution in [0.25, 0.3) is 11.1 Å². The molecule has 0 bridgehead atoms. The van der Waals surface area contributed by atoms with Crippen LogP contribution in [0.2, 0.25) is 5.02 Å². The highest BCUT2D eigenvalue weighted by atomic mass is 35.5. The Bertz CT molecular complexity index is 1190. The average Bonchev–Trinajstić information content (AvgIpc) is 3.15. The molecule has 2 aromatic carbocycles. The zero-order valence-corrected chi connectivity index (χ0v) is 18.7. The minimum Gasteiger partial charge on any atom is -0.465 e. The van der Waals surface area contributed by atoms with Crippen molar-refractivity contribution in [2.75, 3.05) is 12.3 Å². The normalized spacial score (nSPS) is 16.6. The van der Waals surface area contributed by atoms with E-state index < -0.39 is 39.5 Å². The van der Waals surface area contributed by atoms with Gasteiger partial charge < -0.3 is 10.0 Å². The Morgan fingerprint density at radius 2 is 1.94 bits per heavy atom. The molecule has 1 aliphatic heterocycles. The number of rotatable bonds is 5. The third-order valence-corrected chi connectivity index (χ3v) is 7.30. The van der Waals surface area contributed by atoms with E-state index in [9.17, 15) is 31.5 Å². The summed E-state index contributed by atoms with van der Waals surface area (Å²) in [6.45, 7) is 0.260. The van der Waals surface area contributed by atoms with Crippen molar-refractivity contribution in [1.29, 1.82) is 0 Å². The third-order valence-electron chi connectivity index (χ3n) is 5.09. The maximum Gasteiger partial charge on any atom is 0.417 e. The summed E-state index contributed by atoms with van der Waals surface area (Å²) in [6, 6.07) is 6.15. The molecule has 1 aliphatic rings. The Kier molecular flexibility index (Phi) is 6.94. The van der Waals surface area contributed by atoms with E-state index in [4.69, 9.17) is 11.6 Å². The van der Waals surface area contributed by atoms with Crippen molar-refractivity contribution in [2.24, 2.45) is 4.99 Å². The lowest BCUT2D eigenvalue weighted by molar-refractivity contribution is -0.137. The van der Waals surface area contributed by atoms with Crippen LogP contribution in [0.4, 0.5) is 23.7 Å². The fourth-order valence-corrected chi connectivity index (χ4v) is 5.69. The molecule has 1 N–H and O–H groups in total. The van der Waals surface area contributed by atoms with E-state index in [0.29, 0.717) is 12.8 Å². The highest BCUT2D eigenvalue weighted by Gasteiger charge is 2.36. The zero-order chi connectivity index (χ0) is 23.7. The first-order valence-electron chi connectivity index (χ1n) is 9.25. The van der Waals surface area contributed by atoms with E-state index in [-0.39, 0.29) is 33.3 Å². The molecule has 12 heteroatoms. The fraction of sp³-hybridized carbons (Fsp3) is 0.300. The second kappa shape index (κ2) is 9.19. The molecule has 1 heterocycles. The number of halogens is 4. The van der Waals surface area contributed by atoms with Gasteiger partial charge >= 0.3 is 12.3 Å². The molecule has 0 aliphatic carbocycles. The second-order valence-electron chi connectivity index (χ2n) is 7.13. The summed E-state index contributed by atoms with van der Waals surface area (Å²) in [7, 11) is -3.87. The van der Waals surface area contributed by atoms with Crippen LogP contribution in [-0.4, -0.2) is 48.0 Å². The fourth-order valence-electron chi connectivity index (χ4n) is 3.67. The van der Waals surface area contributed by atoms with Gasteiger partial charge in [0.25, 0.3) is 0 Å². The molecule has 1 atom stereocenters. The van der Waals surface area contributed by atoms with E-state index in [1.54, 1.807) is 0 Å². The topological polar surface area (TPSA) is 87.0 Å². The number of thiocarbonyl (C=S) groups is 1. The molecule has 1 unspecified atom stereocenters. The molecule has 0 aromatic heterocycles. The highest BCUT2D eigenvalue weighted by Crippen LogP contribution is 2.43. The molecule has 170 valence electrons. The first-order chi connectivity index (χ1) is 14.9. The van der Waals surface area contributed by atoms with Crippen LogP contribution in [-0.2, 0) is 16.0 Å². The van der Waals surface area contributed by atoms with Crippen LogP contribution in [0.1, 0.15) is 18.4 Å². The summed E-state index contributed by atoms with van der Waals surface area (Å²) in [4.78, 5) is 15.8. The molecule has 6 nitrogen and oxygen atoms in total. The van der Waals surface area contributed by atoms with Crippen LogP contribution in [0.3, 0.4) is 0 Å². The van der Waals surface area contributed by atoms with Crippen molar-refractivity contribution >= 4 is 50.6 Å². The molecular formula is C20H16ClF3N2O4S2.